The number of carbonyl (C=O) groups excluding carboxylic acids is 1. The second-order valence-corrected chi connectivity index (χ2v) is 9.32. The van der Waals surface area contributed by atoms with E-state index in [0.717, 1.165) is 59.1 Å². The number of nitrogens with zero attached hydrogens (tertiary/aromatic N) is 2. The van der Waals surface area contributed by atoms with Gasteiger partial charge >= 0.3 is 0 Å². The lowest BCUT2D eigenvalue weighted by Crippen LogP contribution is -2.22. The summed E-state index contributed by atoms with van der Waals surface area (Å²) in [5.41, 5.74) is 4.40. The van der Waals surface area contributed by atoms with Crippen molar-refractivity contribution in [3.05, 3.63) is 50.1 Å². The van der Waals surface area contributed by atoms with E-state index in [0.29, 0.717) is 5.16 Å². The first-order chi connectivity index (χ1) is 14.0. The van der Waals surface area contributed by atoms with Gasteiger partial charge in [-0.25, -0.2) is 4.98 Å². The zero-order chi connectivity index (χ0) is 20.5. The largest absolute Gasteiger partial charge is 0.325 e. The molecule has 0 spiro atoms. The first-order valence-corrected chi connectivity index (χ1v) is 11.9. The van der Waals surface area contributed by atoms with Crippen molar-refractivity contribution in [3.63, 3.8) is 0 Å². The number of nitrogens with one attached hydrogen (secondary N) is 1. The molecule has 0 fully saturated rings. The van der Waals surface area contributed by atoms with E-state index in [1.54, 1.807) is 23.0 Å². The Bertz CT molecular complexity index is 1120. The molecule has 1 N–H and O–H groups in total. The van der Waals surface area contributed by atoms with Crippen molar-refractivity contribution in [3.8, 4) is 0 Å². The summed E-state index contributed by atoms with van der Waals surface area (Å²) in [5, 5.41) is 4.46. The Balaban J connectivity index is 1.54. The number of carbonyl (C=O) groups is 1. The molecule has 0 unspecified atom stereocenters. The molecule has 1 aromatic carbocycles. The first-order valence-electron chi connectivity index (χ1n) is 10.1. The molecule has 2 aromatic heterocycles. The predicted octanol–water partition coefficient (Wildman–Crippen LogP) is 4.34. The second-order valence-electron chi connectivity index (χ2n) is 7.29. The van der Waals surface area contributed by atoms with Crippen molar-refractivity contribution < 1.29 is 4.79 Å². The van der Waals surface area contributed by atoms with Crippen molar-refractivity contribution in [1.82, 2.24) is 9.55 Å². The minimum atomic E-state index is -0.0754. The van der Waals surface area contributed by atoms with Gasteiger partial charge < -0.3 is 5.32 Å². The highest BCUT2D eigenvalue weighted by molar-refractivity contribution is 7.99. The molecule has 0 aliphatic heterocycles. The van der Waals surface area contributed by atoms with Crippen molar-refractivity contribution in [1.29, 1.82) is 0 Å². The molecule has 1 aliphatic rings. The van der Waals surface area contributed by atoms with Crippen LogP contribution in [-0.4, -0.2) is 21.2 Å². The number of fused-ring (bicyclic) bond motifs is 3. The van der Waals surface area contributed by atoms with Gasteiger partial charge in [-0.15, -0.1) is 11.3 Å². The number of rotatable bonds is 6. The summed E-state index contributed by atoms with van der Waals surface area (Å²) in [6, 6.07) is 6.14. The Kier molecular flexibility index (Phi) is 5.79. The van der Waals surface area contributed by atoms with Gasteiger partial charge in [0.25, 0.3) is 5.56 Å². The number of anilines is 1. The zero-order valence-electron chi connectivity index (χ0n) is 17.0. The topological polar surface area (TPSA) is 64.0 Å². The average molecular weight is 428 g/mol. The molecule has 0 saturated heterocycles. The van der Waals surface area contributed by atoms with Crippen LogP contribution >= 0.6 is 23.1 Å². The summed E-state index contributed by atoms with van der Waals surface area (Å²) in [6.45, 7) is 4.18. The normalized spacial score (nSPS) is 13.1. The SMILES string of the molecule is CCc1cccc(CC)c1NC(=O)CSc1nc2sc3c(c2c(=O)n1C)CCC3. The van der Waals surface area contributed by atoms with E-state index in [2.05, 4.69) is 31.3 Å². The van der Waals surface area contributed by atoms with Crippen LogP contribution in [0.15, 0.2) is 28.2 Å². The molecule has 1 aliphatic carbocycles. The molecule has 2 heterocycles. The molecule has 152 valence electrons. The van der Waals surface area contributed by atoms with Gasteiger partial charge in [0.2, 0.25) is 5.91 Å². The standard InChI is InChI=1S/C22H25N3O2S2/c1-4-13-8-6-9-14(5-2)19(13)23-17(26)12-28-22-24-20-18(21(27)25(22)3)15-10-7-11-16(15)29-20/h6,8-9H,4-5,7,10-12H2,1-3H3,(H,23,26). The zero-order valence-corrected chi connectivity index (χ0v) is 18.6. The van der Waals surface area contributed by atoms with Crippen LogP contribution in [0.4, 0.5) is 5.69 Å². The Morgan fingerprint density at radius 1 is 1.24 bits per heavy atom. The molecule has 0 radical (unpaired) electrons. The minimum absolute atomic E-state index is 0.00176. The number of thiophene rings is 1. The number of aryl methyl sites for hydroxylation is 4. The van der Waals surface area contributed by atoms with Crippen LogP contribution in [0.2, 0.25) is 0 Å². The molecule has 5 nitrogen and oxygen atoms in total. The first kappa shape index (κ1) is 20.2. The Morgan fingerprint density at radius 3 is 2.66 bits per heavy atom. The number of hydrogen-bond acceptors (Lipinski definition) is 5. The van der Waals surface area contributed by atoms with Gasteiger partial charge in [0.15, 0.2) is 5.16 Å². The molecule has 7 heteroatoms. The Morgan fingerprint density at radius 2 is 1.97 bits per heavy atom. The molecular formula is C22H25N3O2S2. The number of thioether (sulfide) groups is 1. The van der Waals surface area contributed by atoms with E-state index < -0.39 is 0 Å². The predicted molar refractivity (Wildman–Crippen MR) is 121 cm³/mol. The van der Waals surface area contributed by atoms with Crippen LogP contribution in [0.25, 0.3) is 10.2 Å². The molecule has 1 amide bonds. The summed E-state index contributed by atoms with van der Waals surface area (Å²) in [5.74, 6) is 0.145. The van der Waals surface area contributed by atoms with Crippen LogP contribution in [-0.2, 0) is 37.5 Å². The second kappa shape index (κ2) is 8.32. The van der Waals surface area contributed by atoms with Crippen LogP contribution in [0.1, 0.15) is 41.8 Å². The van der Waals surface area contributed by atoms with Gasteiger partial charge in [-0.3, -0.25) is 14.2 Å². The maximum atomic E-state index is 12.9. The smallest absolute Gasteiger partial charge is 0.262 e. The number of aromatic nitrogens is 2. The van der Waals surface area contributed by atoms with Gasteiger partial charge in [0.1, 0.15) is 4.83 Å². The molecule has 4 rings (SSSR count). The van der Waals surface area contributed by atoms with Crippen molar-refractivity contribution in [2.24, 2.45) is 7.05 Å². The van der Waals surface area contributed by atoms with Gasteiger partial charge in [-0.05, 0) is 48.8 Å². The molecule has 0 saturated carbocycles. The van der Waals surface area contributed by atoms with E-state index in [1.165, 1.54) is 22.2 Å². The van der Waals surface area contributed by atoms with Crippen LogP contribution in [0.5, 0.6) is 0 Å². The monoisotopic (exact) mass is 427 g/mol. The van der Waals surface area contributed by atoms with E-state index in [4.69, 9.17) is 4.98 Å². The minimum Gasteiger partial charge on any atom is -0.325 e. The van der Waals surface area contributed by atoms with E-state index in [9.17, 15) is 9.59 Å². The Hall–Kier alpha value is -2.12. The highest BCUT2D eigenvalue weighted by atomic mass is 32.2. The number of para-hydroxylation sites is 1. The summed E-state index contributed by atoms with van der Waals surface area (Å²) in [4.78, 5) is 32.4. The highest BCUT2D eigenvalue weighted by Crippen LogP contribution is 2.35. The lowest BCUT2D eigenvalue weighted by Gasteiger charge is -2.14. The number of amides is 1. The average Bonchev–Trinajstić information content (AvgIpc) is 3.30. The van der Waals surface area contributed by atoms with Crippen LogP contribution < -0.4 is 10.9 Å². The van der Waals surface area contributed by atoms with E-state index in [1.807, 2.05) is 6.07 Å². The lowest BCUT2D eigenvalue weighted by atomic mass is 10.0. The summed E-state index contributed by atoms with van der Waals surface area (Å²) < 4.78 is 1.59. The fourth-order valence-corrected chi connectivity index (χ4v) is 6.02. The summed E-state index contributed by atoms with van der Waals surface area (Å²) >= 11 is 2.95. The third-order valence-electron chi connectivity index (χ3n) is 5.50. The molecule has 3 aromatic rings. The van der Waals surface area contributed by atoms with Gasteiger partial charge in [0.05, 0.1) is 11.1 Å². The van der Waals surface area contributed by atoms with Crippen molar-refractivity contribution in [2.75, 3.05) is 11.1 Å². The fraction of sp³-hybridized carbons (Fsp3) is 0.409. The molecule has 0 atom stereocenters. The van der Waals surface area contributed by atoms with Gasteiger partial charge in [-0.1, -0.05) is 43.8 Å². The van der Waals surface area contributed by atoms with Gasteiger partial charge in [-0.2, -0.15) is 0 Å². The number of benzene rings is 1. The summed E-state index contributed by atoms with van der Waals surface area (Å²) in [7, 11) is 1.75. The third-order valence-corrected chi connectivity index (χ3v) is 7.72. The highest BCUT2D eigenvalue weighted by Gasteiger charge is 2.22. The lowest BCUT2D eigenvalue weighted by molar-refractivity contribution is -0.113. The quantitative estimate of drug-likeness (QED) is 0.469. The Labute approximate surface area is 178 Å². The molecular weight excluding hydrogens is 402 g/mol. The molecule has 0 bridgehead atoms. The van der Waals surface area contributed by atoms with Gasteiger partial charge in [0, 0.05) is 17.6 Å². The van der Waals surface area contributed by atoms with Crippen LogP contribution in [0.3, 0.4) is 0 Å². The fourth-order valence-electron chi connectivity index (χ4n) is 3.94. The van der Waals surface area contributed by atoms with E-state index in [-0.39, 0.29) is 17.2 Å². The van der Waals surface area contributed by atoms with Crippen molar-refractivity contribution in [2.45, 2.75) is 51.1 Å². The third kappa shape index (κ3) is 3.73. The van der Waals surface area contributed by atoms with Crippen molar-refractivity contribution >= 4 is 44.9 Å². The van der Waals surface area contributed by atoms with Crippen LogP contribution in [0, 0.1) is 0 Å². The molecule has 29 heavy (non-hydrogen) atoms. The maximum Gasteiger partial charge on any atom is 0.262 e. The summed E-state index contributed by atoms with van der Waals surface area (Å²) in [6.07, 6.45) is 4.87. The number of hydrogen-bond donors (Lipinski definition) is 1. The van der Waals surface area contributed by atoms with E-state index >= 15 is 0 Å². The maximum absolute atomic E-state index is 12.9.